The first-order chi connectivity index (χ1) is 6.04. The molecule has 0 aromatic carbocycles. The summed E-state index contributed by atoms with van der Waals surface area (Å²) in [5.74, 6) is -0.245. The summed E-state index contributed by atoms with van der Waals surface area (Å²) in [5, 5.41) is 0. The highest BCUT2D eigenvalue weighted by Crippen LogP contribution is 2.33. The van der Waals surface area contributed by atoms with E-state index in [1.54, 1.807) is 0 Å². The Morgan fingerprint density at radius 1 is 1.29 bits per heavy atom. The highest BCUT2D eigenvalue weighted by molar-refractivity contribution is 5.77. The number of carbonyl (C=O) groups excluding carboxylic acids is 1. The quantitative estimate of drug-likeness (QED) is 0.693. The van der Waals surface area contributed by atoms with E-state index in [2.05, 4.69) is 41.5 Å². The van der Waals surface area contributed by atoms with Crippen molar-refractivity contribution < 1.29 is 4.79 Å². The first-order valence-corrected chi connectivity index (χ1v) is 5.19. The molecule has 82 valence electrons. The minimum atomic E-state index is -0.193. The lowest BCUT2D eigenvalue weighted by Crippen LogP contribution is -2.34. The van der Waals surface area contributed by atoms with E-state index in [0.29, 0.717) is 0 Å². The van der Waals surface area contributed by atoms with E-state index in [4.69, 9.17) is 5.73 Å². The Morgan fingerprint density at radius 2 is 1.71 bits per heavy atom. The Kier molecular flexibility index (Phi) is 4.04. The summed E-state index contributed by atoms with van der Waals surface area (Å²) in [5.41, 5.74) is 5.38. The van der Waals surface area contributed by atoms with Crippen LogP contribution in [0.2, 0.25) is 0 Å². The number of hydrogen-bond acceptors (Lipinski definition) is 1. The zero-order valence-electron chi connectivity index (χ0n) is 10.2. The van der Waals surface area contributed by atoms with Gasteiger partial charge in [-0.05, 0) is 32.1 Å². The van der Waals surface area contributed by atoms with Crippen molar-refractivity contribution in [2.45, 2.75) is 47.5 Å². The van der Waals surface area contributed by atoms with Crippen LogP contribution >= 0.6 is 0 Å². The van der Waals surface area contributed by atoms with Crippen molar-refractivity contribution in [3.63, 3.8) is 0 Å². The number of hydrogen-bond donors (Lipinski definition) is 1. The molecule has 0 aromatic rings. The lowest BCUT2D eigenvalue weighted by atomic mass is 9.75. The van der Waals surface area contributed by atoms with Gasteiger partial charge in [0, 0.05) is 5.92 Å². The van der Waals surface area contributed by atoms with Crippen molar-refractivity contribution in [3.8, 4) is 0 Å². The van der Waals surface area contributed by atoms with Crippen molar-refractivity contribution in [1.82, 2.24) is 0 Å². The van der Waals surface area contributed by atoms with Crippen LogP contribution in [0, 0.1) is 23.7 Å². The maximum atomic E-state index is 11.3. The van der Waals surface area contributed by atoms with Crippen molar-refractivity contribution >= 4 is 5.91 Å². The molecule has 0 spiro atoms. The fraction of sp³-hybridized carbons (Fsp3) is 0.833. The van der Waals surface area contributed by atoms with Crippen LogP contribution in [0.25, 0.3) is 0 Å². The molecule has 14 heavy (non-hydrogen) atoms. The summed E-state index contributed by atoms with van der Waals surface area (Å²) in [6.45, 7) is 14.3. The molecule has 0 fully saturated rings. The van der Waals surface area contributed by atoms with Gasteiger partial charge in [-0.3, -0.25) is 4.79 Å². The fourth-order valence-corrected chi connectivity index (χ4v) is 1.54. The van der Waals surface area contributed by atoms with Crippen molar-refractivity contribution in [2.24, 2.45) is 22.5 Å². The summed E-state index contributed by atoms with van der Waals surface area (Å²) >= 11 is 0. The minimum absolute atomic E-state index is 0.0267. The van der Waals surface area contributed by atoms with Crippen LogP contribution in [0.15, 0.2) is 0 Å². The van der Waals surface area contributed by atoms with Crippen LogP contribution in [0.3, 0.4) is 0 Å². The lowest BCUT2D eigenvalue weighted by molar-refractivity contribution is -0.125. The molecule has 0 radical (unpaired) electrons. The highest BCUT2D eigenvalue weighted by atomic mass is 16.1. The SMILES string of the molecule is [CH2+]C(C)(C)CCC(C(N)=O)C(C)(C)C. The normalized spacial score (nSPS) is 15.2. The molecule has 0 bridgehead atoms. The van der Waals surface area contributed by atoms with Gasteiger partial charge in [0.15, 0.2) is 0 Å². The summed E-state index contributed by atoms with van der Waals surface area (Å²) in [6, 6.07) is 0. The molecular weight excluding hydrogens is 174 g/mol. The molecule has 0 saturated carbocycles. The van der Waals surface area contributed by atoms with Crippen LogP contribution < -0.4 is 5.73 Å². The third-order valence-corrected chi connectivity index (χ3v) is 2.50. The number of nitrogens with two attached hydrogens (primary N) is 1. The maximum Gasteiger partial charge on any atom is 0.221 e. The smallest absolute Gasteiger partial charge is 0.221 e. The van der Waals surface area contributed by atoms with E-state index in [1.165, 1.54) is 0 Å². The first kappa shape index (κ1) is 13.3. The zero-order valence-corrected chi connectivity index (χ0v) is 10.2. The summed E-state index contributed by atoms with van der Waals surface area (Å²) < 4.78 is 0. The lowest BCUT2D eigenvalue weighted by Gasteiger charge is -2.29. The summed E-state index contributed by atoms with van der Waals surface area (Å²) in [4.78, 5) is 11.3. The van der Waals surface area contributed by atoms with Gasteiger partial charge in [0.05, 0.1) is 12.3 Å². The van der Waals surface area contributed by atoms with Gasteiger partial charge in [-0.25, -0.2) is 0 Å². The van der Waals surface area contributed by atoms with Gasteiger partial charge < -0.3 is 5.73 Å². The van der Waals surface area contributed by atoms with Gasteiger partial charge in [-0.1, -0.05) is 20.8 Å². The van der Waals surface area contributed by atoms with Crippen LogP contribution in [-0.4, -0.2) is 5.91 Å². The third kappa shape index (κ3) is 5.15. The molecule has 2 nitrogen and oxygen atoms in total. The predicted octanol–water partition coefficient (Wildman–Crippen LogP) is 2.77. The number of carbonyl (C=O) groups is 1. The molecule has 0 aromatic heterocycles. The number of primary amides is 1. The van der Waals surface area contributed by atoms with E-state index in [1.807, 2.05) is 0 Å². The Bertz CT molecular complexity index is 195. The Balaban J connectivity index is 4.35. The molecule has 0 saturated heterocycles. The molecule has 0 aliphatic carbocycles. The van der Waals surface area contributed by atoms with Gasteiger partial charge in [-0.15, -0.1) is 0 Å². The third-order valence-electron chi connectivity index (χ3n) is 2.50. The predicted molar refractivity (Wildman–Crippen MR) is 60.5 cm³/mol. The van der Waals surface area contributed by atoms with Crippen LogP contribution in [0.4, 0.5) is 0 Å². The van der Waals surface area contributed by atoms with Gasteiger partial charge in [0.1, 0.15) is 0 Å². The van der Waals surface area contributed by atoms with Crippen molar-refractivity contribution in [2.75, 3.05) is 0 Å². The molecule has 2 heteroatoms. The molecule has 0 heterocycles. The van der Waals surface area contributed by atoms with E-state index < -0.39 is 0 Å². The van der Waals surface area contributed by atoms with Crippen molar-refractivity contribution in [3.05, 3.63) is 6.92 Å². The zero-order chi connectivity index (χ0) is 11.6. The van der Waals surface area contributed by atoms with Crippen LogP contribution in [0.5, 0.6) is 0 Å². The standard InChI is InChI=1S/C12H23NO/c1-11(2,3)8-7-9(10(13)14)12(4,5)6/h9H,1,7-8H2,2-6H3,(H-,13,14)/p+1. The molecule has 2 N–H and O–H groups in total. The Hall–Kier alpha value is -0.660. The second kappa shape index (κ2) is 4.24. The average molecular weight is 198 g/mol. The van der Waals surface area contributed by atoms with Crippen LogP contribution in [0.1, 0.15) is 47.5 Å². The second-order valence-electron chi connectivity index (χ2n) is 6.02. The Morgan fingerprint density at radius 3 is 1.93 bits per heavy atom. The number of rotatable bonds is 4. The van der Waals surface area contributed by atoms with Crippen LogP contribution in [-0.2, 0) is 4.79 Å². The topological polar surface area (TPSA) is 43.1 Å². The maximum absolute atomic E-state index is 11.3. The summed E-state index contributed by atoms with van der Waals surface area (Å²) in [7, 11) is 0. The molecular formula is C12H24NO+. The highest BCUT2D eigenvalue weighted by Gasteiger charge is 2.31. The number of amides is 1. The largest absolute Gasteiger partial charge is 0.369 e. The van der Waals surface area contributed by atoms with Gasteiger partial charge in [-0.2, -0.15) is 0 Å². The molecule has 0 aliphatic heterocycles. The van der Waals surface area contributed by atoms with E-state index in [9.17, 15) is 4.79 Å². The molecule has 1 amide bonds. The molecule has 0 rings (SSSR count). The Labute approximate surface area is 88.3 Å². The van der Waals surface area contributed by atoms with Gasteiger partial charge in [0.2, 0.25) is 5.91 Å². The fourth-order valence-electron chi connectivity index (χ4n) is 1.54. The molecule has 1 unspecified atom stereocenters. The van der Waals surface area contributed by atoms with Crippen molar-refractivity contribution in [1.29, 1.82) is 0 Å². The van der Waals surface area contributed by atoms with Gasteiger partial charge in [0.25, 0.3) is 0 Å². The molecule has 0 aliphatic rings. The monoisotopic (exact) mass is 198 g/mol. The summed E-state index contributed by atoms with van der Waals surface area (Å²) in [6.07, 6.45) is 1.76. The van der Waals surface area contributed by atoms with E-state index >= 15 is 0 Å². The minimum Gasteiger partial charge on any atom is -0.369 e. The van der Waals surface area contributed by atoms with E-state index in [-0.39, 0.29) is 22.7 Å². The molecule has 1 atom stereocenters. The van der Waals surface area contributed by atoms with Gasteiger partial charge >= 0.3 is 0 Å². The van der Waals surface area contributed by atoms with E-state index in [0.717, 1.165) is 12.8 Å². The first-order valence-electron chi connectivity index (χ1n) is 5.19. The second-order valence-corrected chi connectivity index (χ2v) is 6.02. The average Bonchev–Trinajstić information content (AvgIpc) is 1.79.